The van der Waals surface area contributed by atoms with Crippen LogP contribution >= 0.6 is 0 Å². The molecule has 0 bridgehead atoms. The molecule has 0 atom stereocenters. The second-order valence-corrected chi connectivity index (χ2v) is 7.48. The molecule has 2 N–H and O–H groups in total. The maximum absolute atomic E-state index is 13.2. The fourth-order valence-electron chi connectivity index (χ4n) is 4.00. The summed E-state index contributed by atoms with van der Waals surface area (Å²) in [5.74, 6) is 0.565. The van der Waals surface area contributed by atoms with Crippen LogP contribution in [0.1, 0.15) is 37.8 Å². The van der Waals surface area contributed by atoms with Crippen molar-refractivity contribution in [2.75, 3.05) is 12.4 Å². The first-order valence-electron chi connectivity index (χ1n) is 9.89. The zero-order valence-electron chi connectivity index (χ0n) is 16.3. The van der Waals surface area contributed by atoms with Gasteiger partial charge in [-0.2, -0.15) is 10.1 Å². The van der Waals surface area contributed by atoms with Gasteiger partial charge in [0, 0.05) is 36.5 Å². The molecule has 0 amide bonds. The summed E-state index contributed by atoms with van der Waals surface area (Å²) < 4.78 is 33.0. The smallest absolute Gasteiger partial charge is 0.282 e. The first kappa shape index (κ1) is 18.9. The van der Waals surface area contributed by atoms with E-state index in [-0.39, 0.29) is 5.69 Å². The lowest BCUT2D eigenvalue weighted by Crippen LogP contribution is -2.29. The van der Waals surface area contributed by atoms with Crippen molar-refractivity contribution >= 4 is 22.6 Å². The summed E-state index contributed by atoms with van der Waals surface area (Å²) >= 11 is 0. The predicted octanol–water partition coefficient (Wildman–Crippen LogP) is 3.97. The fraction of sp³-hybridized carbons (Fsp3) is 0.400. The number of aromatic amines is 1. The molecule has 0 aliphatic heterocycles. The molecule has 4 heterocycles. The van der Waals surface area contributed by atoms with Gasteiger partial charge in [-0.25, -0.2) is 23.3 Å². The molecule has 8 nitrogen and oxygen atoms in total. The number of hydrogen-bond donors (Lipinski definition) is 2. The van der Waals surface area contributed by atoms with Crippen LogP contribution in [0.25, 0.3) is 27.9 Å². The predicted molar refractivity (Wildman–Crippen MR) is 108 cm³/mol. The van der Waals surface area contributed by atoms with Crippen LogP contribution in [0, 0.1) is 0 Å². The largest absolute Gasteiger partial charge is 0.381 e. The first-order chi connectivity index (χ1) is 14.6. The molecular formula is C20H21F2N7O. The monoisotopic (exact) mass is 413 g/mol. The lowest BCUT2D eigenvalue weighted by molar-refractivity contribution is 0.0681. The van der Waals surface area contributed by atoms with Crippen LogP contribution in [-0.4, -0.2) is 48.8 Å². The van der Waals surface area contributed by atoms with E-state index in [0.717, 1.165) is 42.8 Å². The summed E-state index contributed by atoms with van der Waals surface area (Å²) in [6.45, 7) is 0. The Labute approximate surface area is 170 Å². The van der Waals surface area contributed by atoms with Gasteiger partial charge in [0.15, 0.2) is 5.65 Å². The van der Waals surface area contributed by atoms with Gasteiger partial charge >= 0.3 is 0 Å². The number of rotatable bonds is 5. The average molecular weight is 413 g/mol. The van der Waals surface area contributed by atoms with Gasteiger partial charge in [-0.3, -0.25) is 0 Å². The van der Waals surface area contributed by atoms with Crippen molar-refractivity contribution < 1.29 is 13.5 Å². The number of anilines is 1. The van der Waals surface area contributed by atoms with Crippen molar-refractivity contribution in [3.63, 3.8) is 0 Å². The standard InChI is InChI=1S/C20H21F2N7O/c1-30-12-4-2-11(3-5-12)26-20-25-9-14-13(8-24-19(14)27-20)15-6-7-17-23-10-16(18(21)22)29(17)28-15/h6-12,18H,2-5H2,1H3,(H2,24,25,26,27)/t11-,12+. The SMILES string of the molecule is CO[C@H]1CC[C@@H](Nc2ncc3c(-c4ccc5ncc(C(F)F)n5n4)c[nH]c3n2)CC1. The maximum Gasteiger partial charge on any atom is 0.282 e. The van der Waals surface area contributed by atoms with Crippen molar-refractivity contribution in [3.8, 4) is 11.3 Å². The molecule has 156 valence electrons. The fourth-order valence-corrected chi connectivity index (χ4v) is 4.00. The van der Waals surface area contributed by atoms with Gasteiger partial charge in [-0.15, -0.1) is 0 Å². The Morgan fingerprint density at radius 2 is 2.00 bits per heavy atom. The highest BCUT2D eigenvalue weighted by molar-refractivity contribution is 5.92. The molecule has 0 aromatic carbocycles. The van der Waals surface area contributed by atoms with E-state index in [2.05, 4.69) is 30.4 Å². The number of methoxy groups -OCH3 is 1. The van der Waals surface area contributed by atoms with Crippen LogP contribution in [0.4, 0.5) is 14.7 Å². The minimum atomic E-state index is -2.65. The first-order valence-corrected chi connectivity index (χ1v) is 9.89. The Balaban J connectivity index is 1.41. The molecule has 1 fully saturated rings. The second kappa shape index (κ2) is 7.60. The Kier molecular flexibility index (Phi) is 4.78. The van der Waals surface area contributed by atoms with Crippen molar-refractivity contribution in [2.24, 2.45) is 0 Å². The van der Waals surface area contributed by atoms with Crippen molar-refractivity contribution in [2.45, 2.75) is 44.3 Å². The molecule has 5 rings (SSSR count). The molecule has 0 unspecified atom stereocenters. The zero-order valence-corrected chi connectivity index (χ0v) is 16.3. The van der Waals surface area contributed by atoms with Gasteiger partial charge in [-0.1, -0.05) is 0 Å². The molecule has 4 aromatic heterocycles. The molecule has 10 heteroatoms. The highest BCUT2D eigenvalue weighted by Crippen LogP contribution is 2.28. The van der Waals surface area contributed by atoms with Crippen LogP contribution in [0.15, 0.2) is 30.7 Å². The van der Waals surface area contributed by atoms with Gasteiger partial charge in [0.05, 0.1) is 18.0 Å². The van der Waals surface area contributed by atoms with Gasteiger partial charge in [-0.05, 0) is 37.8 Å². The van der Waals surface area contributed by atoms with E-state index in [0.29, 0.717) is 35.1 Å². The molecule has 1 aliphatic carbocycles. The van der Waals surface area contributed by atoms with Crippen LogP contribution in [0.2, 0.25) is 0 Å². The maximum atomic E-state index is 13.2. The Bertz CT molecular complexity index is 1180. The highest BCUT2D eigenvalue weighted by atomic mass is 19.3. The zero-order chi connectivity index (χ0) is 20.7. The van der Waals surface area contributed by atoms with Crippen LogP contribution in [0.5, 0.6) is 0 Å². The quantitative estimate of drug-likeness (QED) is 0.514. The van der Waals surface area contributed by atoms with Gasteiger partial charge in [0.1, 0.15) is 11.3 Å². The number of hydrogen-bond acceptors (Lipinski definition) is 6. The molecular weight excluding hydrogens is 392 g/mol. The number of aromatic nitrogens is 6. The minimum Gasteiger partial charge on any atom is -0.381 e. The van der Waals surface area contributed by atoms with Gasteiger partial charge < -0.3 is 15.0 Å². The van der Waals surface area contributed by atoms with Crippen LogP contribution < -0.4 is 5.32 Å². The van der Waals surface area contributed by atoms with Crippen molar-refractivity contribution in [1.29, 1.82) is 0 Å². The van der Waals surface area contributed by atoms with E-state index in [1.54, 1.807) is 31.6 Å². The third kappa shape index (κ3) is 3.36. The number of fused-ring (bicyclic) bond motifs is 2. The van der Waals surface area contributed by atoms with Gasteiger partial charge in [0.25, 0.3) is 6.43 Å². The summed E-state index contributed by atoms with van der Waals surface area (Å²) in [6, 6.07) is 3.74. The van der Waals surface area contributed by atoms with E-state index in [4.69, 9.17) is 4.74 Å². The van der Waals surface area contributed by atoms with E-state index < -0.39 is 6.43 Å². The average Bonchev–Trinajstić information content (AvgIpc) is 3.37. The molecule has 1 aliphatic rings. The normalized spacial score (nSPS) is 19.7. The molecule has 0 saturated heterocycles. The minimum absolute atomic E-state index is 0.238. The summed E-state index contributed by atoms with van der Waals surface area (Å²) in [4.78, 5) is 16.1. The number of ether oxygens (including phenoxy) is 1. The number of halogens is 2. The highest BCUT2D eigenvalue weighted by Gasteiger charge is 2.22. The number of H-pyrrole nitrogens is 1. The third-order valence-corrected chi connectivity index (χ3v) is 5.66. The molecule has 0 spiro atoms. The number of nitrogens with one attached hydrogen (secondary N) is 2. The van der Waals surface area contributed by atoms with E-state index in [1.165, 1.54) is 4.52 Å². The molecule has 4 aromatic rings. The lowest BCUT2D eigenvalue weighted by atomic mass is 9.93. The Morgan fingerprint density at radius 3 is 2.77 bits per heavy atom. The number of alkyl halides is 2. The summed E-state index contributed by atoms with van der Waals surface area (Å²) in [5, 5.41) is 8.52. The third-order valence-electron chi connectivity index (χ3n) is 5.66. The lowest BCUT2D eigenvalue weighted by Gasteiger charge is -2.28. The topological polar surface area (TPSA) is 93.0 Å². The van der Waals surface area contributed by atoms with E-state index >= 15 is 0 Å². The Hall–Kier alpha value is -3.14. The summed E-state index contributed by atoms with van der Waals surface area (Å²) in [5.41, 5.74) is 2.08. The van der Waals surface area contributed by atoms with Crippen molar-refractivity contribution in [3.05, 3.63) is 36.4 Å². The number of imidazole rings is 1. The van der Waals surface area contributed by atoms with E-state index in [1.807, 2.05) is 0 Å². The van der Waals surface area contributed by atoms with E-state index in [9.17, 15) is 8.78 Å². The Morgan fingerprint density at radius 1 is 1.17 bits per heavy atom. The molecule has 1 saturated carbocycles. The molecule has 30 heavy (non-hydrogen) atoms. The summed E-state index contributed by atoms with van der Waals surface area (Å²) in [6.07, 6.45) is 6.38. The van der Waals surface area contributed by atoms with Crippen LogP contribution in [-0.2, 0) is 4.74 Å². The number of nitrogens with zero attached hydrogens (tertiary/aromatic N) is 5. The second-order valence-electron chi connectivity index (χ2n) is 7.48. The molecule has 0 radical (unpaired) electrons. The van der Waals surface area contributed by atoms with Gasteiger partial charge in [0.2, 0.25) is 5.95 Å². The van der Waals surface area contributed by atoms with Crippen molar-refractivity contribution in [1.82, 2.24) is 29.5 Å². The van der Waals surface area contributed by atoms with Crippen LogP contribution in [0.3, 0.4) is 0 Å². The summed E-state index contributed by atoms with van der Waals surface area (Å²) in [7, 11) is 1.76.